The third-order valence-electron chi connectivity index (χ3n) is 3.08. The van der Waals surface area contributed by atoms with Crippen molar-refractivity contribution in [1.29, 1.82) is 0 Å². The molecule has 0 atom stereocenters. The summed E-state index contributed by atoms with van der Waals surface area (Å²) >= 11 is 0. The first-order valence-electron chi connectivity index (χ1n) is 5.75. The Balaban J connectivity index is 2.30. The second-order valence-corrected chi connectivity index (χ2v) is 4.45. The number of ether oxygens (including phenoxy) is 1. The van der Waals surface area contributed by atoms with Crippen molar-refractivity contribution in [2.45, 2.75) is 24.6 Å². The van der Waals surface area contributed by atoms with Gasteiger partial charge in [-0.3, -0.25) is 0 Å². The monoisotopic (exact) mass is 281 g/mol. The van der Waals surface area contributed by atoms with Crippen LogP contribution in [-0.2, 0) is 0 Å². The molecule has 1 heterocycles. The maximum atomic E-state index is 13.1. The molecule has 0 unspecified atom stereocenters. The van der Waals surface area contributed by atoms with E-state index in [-0.39, 0.29) is 25.9 Å². The Morgan fingerprint density at radius 3 is 2.00 bits per heavy atom. The summed E-state index contributed by atoms with van der Waals surface area (Å²) in [4.78, 5) is 0. The quantitative estimate of drug-likeness (QED) is 0.841. The van der Waals surface area contributed by atoms with Crippen molar-refractivity contribution in [2.24, 2.45) is 0 Å². The molecule has 1 aromatic rings. The van der Waals surface area contributed by atoms with Crippen molar-refractivity contribution < 1.29 is 26.7 Å². The van der Waals surface area contributed by atoms with Crippen LogP contribution < -0.4 is 10.1 Å². The maximum Gasteiger partial charge on any atom is 0.428 e. The van der Waals surface area contributed by atoms with Gasteiger partial charge in [0.05, 0.1) is 0 Å². The Hall–Kier alpha value is -1.37. The lowest BCUT2D eigenvalue weighted by Crippen LogP contribution is -2.56. The largest absolute Gasteiger partial charge is 0.477 e. The molecule has 1 aliphatic rings. The van der Waals surface area contributed by atoms with Gasteiger partial charge in [0.15, 0.2) is 0 Å². The number of nitrogens with one attached hydrogen (secondary N) is 1. The maximum absolute atomic E-state index is 13.1. The average Bonchev–Trinajstić information content (AvgIpc) is 2.27. The van der Waals surface area contributed by atoms with Crippen LogP contribution in [-0.4, -0.2) is 24.9 Å². The lowest BCUT2D eigenvalue weighted by Gasteiger charge is -2.39. The first-order chi connectivity index (χ1) is 8.82. The van der Waals surface area contributed by atoms with E-state index in [4.69, 9.17) is 4.74 Å². The van der Waals surface area contributed by atoms with Crippen molar-refractivity contribution in [3.8, 4) is 5.75 Å². The lowest BCUT2D eigenvalue weighted by molar-refractivity contribution is -0.256. The minimum atomic E-state index is -4.60. The van der Waals surface area contributed by atoms with Crippen molar-refractivity contribution in [3.05, 3.63) is 29.8 Å². The summed E-state index contributed by atoms with van der Waals surface area (Å²) < 4.78 is 70.3. The van der Waals surface area contributed by atoms with Gasteiger partial charge in [-0.2, -0.15) is 13.2 Å². The van der Waals surface area contributed by atoms with Crippen molar-refractivity contribution in [2.75, 3.05) is 13.1 Å². The molecule has 0 amide bonds. The molecule has 7 heteroatoms. The fourth-order valence-corrected chi connectivity index (χ4v) is 2.09. The van der Waals surface area contributed by atoms with Crippen molar-refractivity contribution >= 4 is 0 Å². The first kappa shape index (κ1) is 14.0. The van der Waals surface area contributed by atoms with E-state index in [0.29, 0.717) is 6.07 Å². The van der Waals surface area contributed by atoms with Gasteiger partial charge in [0.25, 0.3) is 0 Å². The van der Waals surface area contributed by atoms with E-state index in [2.05, 4.69) is 5.32 Å². The third-order valence-corrected chi connectivity index (χ3v) is 3.08. The molecule has 1 N–H and O–H groups in total. The number of halogens is 5. The zero-order valence-electron chi connectivity index (χ0n) is 9.86. The summed E-state index contributed by atoms with van der Waals surface area (Å²) in [6.07, 6.45) is -5.19. The molecular formula is C12H12F5NO. The van der Waals surface area contributed by atoms with Gasteiger partial charge in [0, 0.05) is 31.0 Å². The van der Waals surface area contributed by atoms with Crippen molar-refractivity contribution in [3.63, 3.8) is 0 Å². The average molecular weight is 281 g/mol. The molecular weight excluding hydrogens is 269 g/mol. The van der Waals surface area contributed by atoms with Crippen LogP contribution in [0, 0.1) is 11.6 Å². The minimum absolute atomic E-state index is 0.136. The molecule has 2 rings (SSSR count). The Labute approximate surface area is 106 Å². The van der Waals surface area contributed by atoms with Gasteiger partial charge in [-0.25, -0.2) is 8.78 Å². The second kappa shape index (κ2) is 4.96. The number of hydrogen-bond acceptors (Lipinski definition) is 2. The molecule has 1 aliphatic heterocycles. The van der Waals surface area contributed by atoms with Crippen LogP contribution in [0.15, 0.2) is 18.2 Å². The zero-order chi connectivity index (χ0) is 14.1. The van der Waals surface area contributed by atoms with E-state index in [1.165, 1.54) is 0 Å². The molecule has 1 saturated heterocycles. The molecule has 1 fully saturated rings. The fraction of sp³-hybridized carbons (Fsp3) is 0.500. The van der Waals surface area contributed by atoms with Crippen LogP contribution in [0.4, 0.5) is 22.0 Å². The standard InChI is InChI=1S/C12H12F5NO/c13-8-5-9(14)7-10(6-8)19-11(12(15,16)17)1-3-18-4-2-11/h5-7,18H,1-4H2. The third kappa shape index (κ3) is 2.97. The number of piperidine rings is 1. The molecule has 2 nitrogen and oxygen atoms in total. The molecule has 0 saturated carbocycles. The number of rotatable bonds is 2. The topological polar surface area (TPSA) is 21.3 Å². The van der Waals surface area contributed by atoms with Crippen LogP contribution in [0.3, 0.4) is 0 Å². The molecule has 106 valence electrons. The predicted molar refractivity (Wildman–Crippen MR) is 57.9 cm³/mol. The van der Waals surface area contributed by atoms with Crippen LogP contribution >= 0.6 is 0 Å². The van der Waals surface area contributed by atoms with Gasteiger partial charge in [0.1, 0.15) is 17.4 Å². The number of hydrogen-bond donors (Lipinski definition) is 1. The van der Waals surface area contributed by atoms with Gasteiger partial charge in [-0.05, 0) is 13.1 Å². The zero-order valence-corrected chi connectivity index (χ0v) is 9.86. The summed E-state index contributed by atoms with van der Waals surface area (Å²) in [6.45, 7) is 0.272. The van der Waals surface area contributed by atoms with E-state index in [1.54, 1.807) is 0 Å². The minimum Gasteiger partial charge on any atom is -0.477 e. The van der Waals surface area contributed by atoms with Crippen LogP contribution in [0.25, 0.3) is 0 Å². The molecule has 1 aromatic carbocycles. The van der Waals surface area contributed by atoms with Crippen LogP contribution in [0.2, 0.25) is 0 Å². The Morgan fingerprint density at radius 1 is 1.00 bits per heavy atom. The lowest BCUT2D eigenvalue weighted by atomic mass is 9.91. The summed E-state index contributed by atoms with van der Waals surface area (Å²) in [5, 5.41) is 2.79. The normalized spacial score (nSPS) is 19.2. The Kier molecular flexibility index (Phi) is 3.66. The number of alkyl halides is 3. The highest BCUT2D eigenvalue weighted by Gasteiger charge is 2.57. The van der Waals surface area contributed by atoms with Gasteiger partial charge in [-0.15, -0.1) is 0 Å². The SMILES string of the molecule is Fc1cc(F)cc(OC2(C(F)(F)F)CCNCC2)c1. The molecule has 19 heavy (non-hydrogen) atoms. The van der Waals surface area contributed by atoms with Gasteiger partial charge in [0.2, 0.25) is 5.60 Å². The Morgan fingerprint density at radius 2 is 1.53 bits per heavy atom. The second-order valence-electron chi connectivity index (χ2n) is 4.45. The molecule has 0 aromatic heterocycles. The van der Waals surface area contributed by atoms with E-state index in [1.807, 2.05) is 0 Å². The molecule has 0 radical (unpaired) electrons. The van der Waals surface area contributed by atoms with Crippen LogP contribution in [0.5, 0.6) is 5.75 Å². The molecule has 0 bridgehead atoms. The summed E-state index contributed by atoms with van der Waals surface area (Å²) in [7, 11) is 0. The smallest absolute Gasteiger partial charge is 0.428 e. The summed E-state index contributed by atoms with van der Waals surface area (Å²) in [5.74, 6) is -2.39. The molecule has 0 spiro atoms. The highest BCUT2D eigenvalue weighted by molar-refractivity contribution is 5.25. The van der Waals surface area contributed by atoms with Crippen molar-refractivity contribution in [1.82, 2.24) is 5.32 Å². The van der Waals surface area contributed by atoms with E-state index >= 15 is 0 Å². The fourth-order valence-electron chi connectivity index (χ4n) is 2.09. The predicted octanol–water partition coefficient (Wildman–Crippen LogP) is 3.03. The molecule has 0 aliphatic carbocycles. The van der Waals surface area contributed by atoms with E-state index in [0.717, 1.165) is 12.1 Å². The first-order valence-corrected chi connectivity index (χ1v) is 5.75. The van der Waals surface area contributed by atoms with Gasteiger partial charge in [-0.1, -0.05) is 0 Å². The number of benzene rings is 1. The van der Waals surface area contributed by atoms with Gasteiger partial charge < -0.3 is 10.1 Å². The van der Waals surface area contributed by atoms with Gasteiger partial charge >= 0.3 is 6.18 Å². The highest BCUT2D eigenvalue weighted by atomic mass is 19.4. The Bertz CT molecular complexity index is 434. The summed E-state index contributed by atoms with van der Waals surface area (Å²) in [6, 6.07) is 2.08. The van der Waals surface area contributed by atoms with E-state index < -0.39 is 29.2 Å². The van der Waals surface area contributed by atoms with E-state index in [9.17, 15) is 22.0 Å². The highest BCUT2D eigenvalue weighted by Crippen LogP contribution is 2.41. The van der Waals surface area contributed by atoms with Crippen LogP contribution in [0.1, 0.15) is 12.8 Å². The summed E-state index contributed by atoms with van der Waals surface area (Å²) in [5.41, 5.74) is -2.39.